The lowest BCUT2D eigenvalue weighted by molar-refractivity contribution is -0.119. The quantitative estimate of drug-likeness (QED) is 0.801. The number of nitrogens with two attached hydrogens (primary N) is 1. The average Bonchev–Trinajstić information content (AvgIpc) is 3.04. The molecular weight excluding hydrogens is 304 g/mol. The van der Waals surface area contributed by atoms with E-state index < -0.39 is 17.9 Å². The summed E-state index contributed by atoms with van der Waals surface area (Å²) in [7, 11) is 0. The van der Waals surface area contributed by atoms with Crippen LogP contribution >= 0.6 is 0 Å². The molecule has 2 rings (SSSR count). The topological polar surface area (TPSA) is 85.3 Å². The smallest absolute Gasteiger partial charge is 0.287 e. The molecule has 0 saturated carbocycles. The molecule has 0 spiro atoms. The summed E-state index contributed by atoms with van der Waals surface area (Å²) in [6.07, 6.45) is 5.20. The monoisotopic (exact) mass is 324 g/mol. The fourth-order valence-electron chi connectivity index (χ4n) is 2.24. The zero-order valence-corrected chi connectivity index (χ0v) is 13.7. The molecular formula is C19H20N2O3. The highest BCUT2D eigenvalue weighted by molar-refractivity contribution is 5.95. The first kappa shape index (κ1) is 17.4. The second kappa shape index (κ2) is 7.51. The summed E-state index contributed by atoms with van der Waals surface area (Å²) >= 11 is 0. The second-order valence-corrected chi connectivity index (χ2v) is 5.78. The number of rotatable bonds is 6. The third kappa shape index (κ3) is 4.05. The Morgan fingerprint density at radius 2 is 2.04 bits per heavy atom. The lowest BCUT2D eigenvalue weighted by Crippen LogP contribution is -2.44. The highest BCUT2D eigenvalue weighted by atomic mass is 16.3. The summed E-state index contributed by atoms with van der Waals surface area (Å²) in [5.41, 5.74) is 7.27. The van der Waals surface area contributed by atoms with E-state index in [1.165, 1.54) is 5.56 Å². The molecule has 0 bridgehead atoms. The van der Waals surface area contributed by atoms with Gasteiger partial charge >= 0.3 is 0 Å². The van der Waals surface area contributed by atoms with Crippen LogP contribution in [0.3, 0.4) is 0 Å². The number of amides is 2. The summed E-state index contributed by atoms with van der Waals surface area (Å²) in [6, 6.07) is 10.3. The number of hydrogen-bond donors (Lipinski definition) is 2. The highest BCUT2D eigenvalue weighted by Crippen LogP contribution is 2.25. The van der Waals surface area contributed by atoms with E-state index in [0.717, 1.165) is 5.56 Å². The van der Waals surface area contributed by atoms with E-state index in [-0.39, 0.29) is 12.2 Å². The molecule has 0 aliphatic rings. The summed E-state index contributed by atoms with van der Waals surface area (Å²) in [5.74, 6) is 2.17. The van der Waals surface area contributed by atoms with Crippen LogP contribution in [0.1, 0.15) is 42.3 Å². The van der Waals surface area contributed by atoms with E-state index in [9.17, 15) is 9.59 Å². The molecule has 5 heteroatoms. The fraction of sp³-hybridized carbons (Fsp3) is 0.263. The van der Waals surface area contributed by atoms with Crippen molar-refractivity contribution in [3.8, 4) is 23.7 Å². The van der Waals surface area contributed by atoms with E-state index in [2.05, 4.69) is 25.1 Å². The van der Waals surface area contributed by atoms with Crippen LogP contribution < -0.4 is 11.1 Å². The van der Waals surface area contributed by atoms with Crippen LogP contribution in [0.4, 0.5) is 0 Å². The van der Waals surface area contributed by atoms with E-state index in [0.29, 0.717) is 11.7 Å². The first-order valence-corrected chi connectivity index (χ1v) is 7.66. The number of carbonyl (C=O) groups is 2. The summed E-state index contributed by atoms with van der Waals surface area (Å²) in [4.78, 5) is 23.4. The van der Waals surface area contributed by atoms with Gasteiger partial charge in [0.15, 0.2) is 5.76 Å². The first-order valence-electron chi connectivity index (χ1n) is 7.66. The van der Waals surface area contributed by atoms with Crippen molar-refractivity contribution in [3.63, 3.8) is 0 Å². The number of hydrogen-bond acceptors (Lipinski definition) is 3. The van der Waals surface area contributed by atoms with Crippen molar-refractivity contribution in [3.05, 3.63) is 47.7 Å². The molecule has 0 aliphatic carbocycles. The van der Waals surface area contributed by atoms with Crippen LogP contribution in [-0.2, 0) is 4.79 Å². The first-order chi connectivity index (χ1) is 11.4. The van der Waals surface area contributed by atoms with Crippen molar-refractivity contribution in [1.29, 1.82) is 0 Å². The van der Waals surface area contributed by atoms with E-state index >= 15 is 0 Å². The van der Waals surface area contributed by atoms with E-state index in [4.69, 9.17) is 16.6 Å². The Labute approximate surface area is 141 Å². The third-order valence-electron chi connectivity index (χ3n) is 3.64. The minimum atomic E-state index is -0.916. The Kier molecular flexibility index (Phi) is 5.43. The zero-order valence-electron chi connectivity index (χ0n) is 13.7. The van der Waals surface area contributed by atoms with Crippen LogP contribution in [0.5, 0.6) is 0 Å². The van der Waals surface area contributed by atoms with Crippen molar-refractivity contribution < 1.29 is 14.0 Å². The number of nitrogens with one attached hydrogen (secondary N) is 1. The van der Waals surface area contributed by atoms with Gasteiger partial charge in [-0.1, -0.05) is 32.0 Å². The van der Waals surface area contributed by atoms with Crippen molar-refractivity contribution in [1.82, 2.24) is 5.32 Å². The van der Waals surface area contributed by atoms with Crippen molar-refractivity contribution >= 4 is 11.8 Å². The van der Waals surface area contributed by atoms with Gasteiger partial charge in [0, 0.05) is 12.0 Å². The molecule has 3 N–H and O–H groups in total. The molecule has 5 nitrogen and oxygen atoms in total. The standard InChI is InChI=1S/C19H20N2O3/c1-4-6-15(18(20)22)21-19(23)17-10-9-16(24-17)14-8-5-7-13(11-14)12(2)3/h1,5,7-12,15H,6H2,2-3H3,(H2,20,22)(H,21,23)/t15-/m1/s1. The molecule has 2 aromatic rings. The van der Waals surface area contributed by atoms with Gasteiger partial charge in [0.05, 0.1) is 0 Å². The minimum Gasteiger partial charge on any atom is -0.451 e. The Morgan fingerprint density at radius 1 is 1.29 bits per heavy atom. The van der Waals surface area contributed by atoms with Gasteiger partial charge in [-0.25, -0.2) is 0 Å². The maximum absolute atomic E-state index is 12.2. The molecule has 1 aromatic carbocycles. The van der Waals surface area contributed by atoms with Gasteiger partial charge in [0.25, 0.3) is 5.91 Å². The van der Waals surface area contributed by atoms with Crippen LogP contribution in [0, 0.1) is 12.3 Å². The summed E-state index contributed by atoms with van der Waals surface area (Å²) in [6.45, 7) is 4.21. The normalized spacial score (nSPS) is 11.8. The van der Waals surface area contributed by atoms with Gasteiger partial charge < -0.3 is 15.5 Å². The predicted molar refractivity (Wildman–Crippen MR) is 92.1 cm³/mol. The van der Waals surface area contributed by atoms with Crippen molar-refractivity contribution in [2.75, 3.05) is 0 Å². The molecule has 0 aliphatic heterocycles. The number of carbonyl (C=O) groups excluding carboxylic acids is 2. The minimum absolute atomic E-state index is 0.0328. The molecule has 1 atom stereocenters. The number of benzene rings is 1. The molecule has 124 valence electrons. The van der Waals surface area contributed by atoms with Gasteiger partial charge in [-0.05, 0) is 29.7 Å². The van der Waals surface area contributed by atoms with Crippen molar-refractivity contribution in [2.24, 2.45) is 5.73 Å². The Bertz CT molecular complexity index is 784. The van der Waals surface area contributed by atoms with Crippen LogP contribution in [0.2, 0.25) is 0 Å². The maximum Gasteiger partial charge on any atom is 0.287 e. The lowest BCUT2D eigenvalue weighted by Gasteiger charge is -2.11. The molecule has 2 amide bonds. The lowest BCUT2D eigenvalue weighted by atomic mass is 10.0. The van der Waals surface area contributed by atoms with Gasteiger partial charge in [-0.15, -0.1) is 12.3 Å². The van der Waals surface area contributed by atoms with Gasteiger partial charge in [-0.3, -0.25) is 9.59 Å². The molecule has 0 radical (unpaired) electrons. The van der Waals surface area contributed by atoms with E-state index in [1.807, 2.05) is 24.3 Å². The zero-order chi connectivity index (χ0) is 17.7. The van der Waals surface area contributed by atoms with E-state index in [1.54, 1.807) is 12.1 Å². The molecule has 0 fully saturated rings. The molecule has 1 aromatic heterocycles. The van der Waals surface area contributed by atoms with Gasteiger partial charge in [-0.2, -0.15) is 0 Å². The second-order valence-electron chi connectivity index (χ2n) is 5.78. The Hall–Kier alpha value is -3.00. The average molecular weight is 324 g/mol. The van der Waals surface area contributed by atoms with Crippen LogP contribution in [0.15, 0.2) is 40.8 Å². The maximum atomic E-state index is 12.2. The number of furan rings is 1. The van der Waals surface area contributed by atoms with Gasteiger partial charge in [0.2, 0.25) is 5.91 Å². The largest absolute Gasteiger partial charge is 0.451 e. The molecule has 1 heterocycles. The molecule has 0 unspecified atom stereocenters. The Morgan fingerprint density at radius 3 is 2.67 bits per heavy atom. The number of primary amides is 1. The SMILES string of the molecule is C#CC[C@@H](NC(=O)c1ccc(-c2cccc(C(C)C)c2)o1)C(N)=O. The molecule has 24 heavy (non-hydrogen) atoms. The number of terminal acetylenes is 1. The molecule has 0 saturated heterocycles. The third-order valence-corrected chi connectivity index (χ3v) is 3.64. The van der Waals surface area contributed by atoms with Gasteiger partial charge in [0.1, 0.15) is 11.8 Å². The predicted octanol–water partition coefficient (Wildman–Crippen LogP) is 2.68. The van der Waals surface area contributed by atoms with Crippen LogP contribution in [0.25, 0.3) is 11.3 Å². The highest BCUT2D eigenvalue weighted by Gasteiger charge is 2.20. The van der Waals surface area contributed by atoms with Crippen LogP contribution in [-0.4, -0.2) is 17.9 Å². The van der Waals surface area contributed by atoms with Crippen molar-refractivity contribution in [2.45, 2.75) is 32.2 Å². The fourth-order valence-corrected chi connectivity index (χ4v) is 2.24. The Balaban J connectivity index is 2.18. The summed E-state index contributed by atoms with van der Waals surface area (Å²) in [5, 5.41) is 2.48. The summed E-state index contributed by atoms with van der Waals surface area (Å²) < 4.78 is 5.61.